The predicted octanol–water partition coefficient (Wildman–Crippen LogP) is 7.17. The molecule has 0 saturated carbocycles. The lowest BCUT2D eigenvalue weighted by Crippen LogP contribution is -2.32. The molecule has 0 spiro atoms. The van der Waals surface area contributed by atoms with Crippen molar-refractivity contribution in [3.8, 4) is 16.9 Å². The van der Waals surface area contributed by atoms with E-state index < -0.39 is 52.9 Å². The van der Waals surface area contributed by atoms with E-state index >= 15 is 4.39 Å². The number of hydrogen-bond acceptors (Lipinski definition) is 5. The summed E-state index contributed by atoms with van der Waals surface area (Å²) in [6, 6.07) is 5.26. The number of halogens is 5. The molecule has 0 fully saturated rings. The van der Waals surface area contributed by atoms with E-state index in [4.69, 9.17) is 9.47 Å². The zero-order valence-corrected chi connectivity index (χ0v) is 22.8. The summed E-state index contributed by atoms with van der Waals surface area (Å²) in [6.07, 6.45) is -1.07. The number of benzene rings is 2. The average Bonchev–Trinajstić information content (AvgIpc) is 3.37. The highest BCUT2D eigenvalue weighted by molar-refractivity contribution is 7.99. The molecule has 0 N–H and O–H groups in total. The lowest BCUT2D eigenvalue weighted by molar-refractivity contribution is -0.144. The van der Waals surface area contributed by atoms with Crippen LogP contribution in [0.2, 0.25) is 0 Å². The molecule has 1 aliphatic rings. The van der Waals surface area contributed by atoms with Gasteiger partial charge in [-0.05, 0) is 54.5 Å². The minimum atomic E-state index is -4.85. The number of esters is 1. The van der Waals surface area contributed by atoms with Crippen LogP contribution in [-0.4, -0.2) is 23.4 Å². The van der Waals surface area contributed by atoms with Gasteiger partial charge in [0.25, 0.3) is 5.56 Å². The van der Waals surface area contributed by atoms with E-state index in [0.717, 1.165) is 47.7 Å². The fourth-order valence-corrected chi connectivity index (χ4v) is 6.03. The number of thioether (sulfide) groups is 1. The highest BCUT2D eigenvalue weighted by Crippen LogP contribution is 2.42. The topological polar surface area (TPSA) is 57.5 Å². The molecule has 1 aliphatic heterocycles. The van der Waals surface area contributed by atoms with Gasteiger partial charge in [0.05, 0.1) is 23.3 Å². The molecule has 1 aromatic heterocycles. The van der Waals surface area contributed by atoms with Gasteiger partial charge in [0.2, 0.25) is 0 Å². The minimum Gasteiger partial charge on any atom is -0.467 e. The summed E-state index contributed by atoms with van der Waals surface area (Å²) in [5, 5.41) is 0.188. The van der Waals surface area contributed by atoms with Gasteiger partial charge >= 0.3 is 12.1 Å². The number of nitrogens with zero attached hydrogens (tertiary/aromatic N) is 1. The van der Waals surface area contributed by atoms with Crippen molar-refractivity contribution >= 4 is 17.7 Å². The molecule has 0 bridgehead atoms. The Morgan fingerprint density at radius 2 is 1.88 bits per heavy atom. The van der Waals surface area contributed by atoms with Gasteiger partial charge in [-0.25, -0.2) is 13.6 Å². The van der Waals surface area contributed by atoms with Crippen LogP contribution in [0.15, 0.2) is 83.4 Å². The molecule has 1 atom stereocenters. The van der Waals surface area contributed by atoms with Crippen LogP contribution in [0.4, 0.5) is 22.0 Å². The first-order valence-electron chi connectivity index (χ1n) is 12.2. The molecular weight excluding hydrogens is 565 g/mol. The molecule has 1 unspecified atom stereocenters. The smallest absolute Gasteiger partial charge is 0.416 e. The van der Waals surface area contributed by atoms with E-state index in [9.17, 15) is 27.2 Å². The van der Waals surface area contributed by atoms with Gasteiger partial charge in [0, 0.05) is 29.4 Å². The Bertz CT molecular complexity index is 1640. The lowest BCUT2D eigenvalue weighted by Gasteiger charge is -2.21. The monoisotopic (exact) mass is 589 g/mol. The van der Waals surface area contributed by atoms with Crippen molar-refractivity contribution in [2.45, 2.75) is 30.6 Å². The Balaban J connectivity index is 1.96. The number of pyridine rings is 1. The van der Waals surface area contributed by atoms with Gasteiger partial charge in [-0.15, -0.1) is 11.8 Å². The molecule has 0 amide bonds. The van der Waals surface area contributed by atoms with Gasteiger partial charge in [0.1, 0.15) is 29.2 Å². The maximum absolute atomic E-state index is 15.6. The summed E-state index contributed by atoms with van der Waals surface area (Å²) in [5.41, 5.74) is -2.58. The molecule has 4 rings (SSSR count). The molecule has 214 valence electrons. The highest BCUT2D eigenvalue weighted by Gasteiger charge is 2.38. The van der Waals surface area contributed by atoms with E-state index in [1.54, 1.807) is 0 Å². The molecule has 2 aromatic carbocycles. The summed E-state index contributed by atoms with van der Waals surface area (Å²) in [6.45, 7) is 8.62. The maximum Gasteiger partial charge on any atom is 0.416 e. The van der Waals surface area contributed by atoms with Gasteiger partial charge < -0.3 is 9.47 Å². The van der Waals surface area contributed by atoms with Gasteiger partial charge in [0.15, 0.2) is 0 Å². The lowest BCUT2D eigenvalue weighted by atomic mass is 9.92. The highest BCUT2D eigenvalue weighted by atomic mass is 32.2. The zero-order chi connectivity index (χ0) is 30.1. The standard InChI is InChI=1S/C30H24F5NO4S/c1-5-8-17(6-2)40-18-11-12-19(24(32)13-18)26-16(3)20(14-21-22(30(33,34)35)9-7-10-23(21)31)28-36(27(26)37)25(15-41-28)29(38)39-4/h5-13,25H,1-2,14-15H2,3-4H3/b17-8+. The number of ether oxygens (including phenoxy) is 2. The first-order valence-corrected chi connectivity index (χ1v) is 13.2. The average molecular weight is 590 g/mol. The fourth-order valence-electron chi connectivity index (χ4n) is 4.68. The Hall–Kier alpha value is -4.12. The van der Waals surface area contributed by atoms with Gasteiger partial charge in [-0.3, -0.25) is 9.36 Å². The third-order valence-electron chi connectivity index (χ3n) is 6.61. The SMILES string of the molecule is C=C/C=C(\C=C)Oc1ccc(-c2c(C)c(Cc3c(F)cccc3C(F)(F)F)c3n(c2=O)C(C(=O)OC)CS3)c(F)c1. The molecule has 0 radical (unpaired) electrons. The summed E-state index contributed by atoms with van der Waals surface area (Å²) < 4.78 is 83.4. The molecule has 2 heterocycles. The second-order valence-corrected chi connectivity index (χ2v) is 10.0. The van der Waals surface area contributed by atoms with E-state index in [1.807, 2.05) is 0 Å². The maximum atomic E-state index is 15.6. The van der Waals surface area contributed by atoms with Crippen molar-refractivity contribution in [3.63, 3.8) is 0 Å². The summed E-state index contributed by atoms with van der Waals surface area (Å²) >= 11 is 1.06. The van der Waals surface area contributed by atoms with Crippen LogP contribution in [0, 0.1) is 18.6 Å². The van der Waals surface area contributed by atoms with Crippen molar-refractivity contribution in [1.29, 1.82) is 0 Å². The van der Waals surface area contributed by atoms with Crippen molar-refractivity contribution < 1.29 is 36.2 Å². The van der Waals surface area contributed by atoms with Crippen molar-refractivity contribution in [2.24, 2.45) is 0 Å². The van der Waals surface area contributed by atoms with Crippen LogP contribution in [0.1, 0.15) is 28.3 Å². The normalized spacial score (nSPS) is 14.9. The number of rotatable bonds is 8. The van der Waals surface area contributed by atoms with Crippen LogP contribution >= 0.6 is 11.8 Å². The summed E-state index contributed by atoms with van der Waals surface area (Å²) in [5.74, 6) is -2.28. The number of fused-ring (bicyclic) bond motifs is 1. The molecule has 0 aliphatic carbocycles. The van der Waals surface area contributed by atoms with Gasteiger partial charge in [-0.1, -0.05) is 25.3 Å². The second-order valence-electron chi connectivity index (χ2n) is 9.00. The molecule has 3 aromatic rings. The van der Waals surface area contributed by atoms with E-state index in [0.29, 0.717) is 0 Å². The van der Waals surface area contributed by atoms with Crippen LogP contribution in [-0.2, 0) is 22.1 Å². The number of carbonyl (C=O) groups is 1. The number of hydrogen-bond donors (Lipinski definition) is 0. The second kappa shape index (κ2) is 11.8. The first kappa shape index (κ1) is 29.9. The molecule has 11 heteroatoms. The number of allylic oxidation sites excluding steroid dienone is 3. The summed E-state index contributed by atoms with van der Waals surface area (Å²) in [4.78, 5) is 26.4. The number of carbonyl (C=O) groups excluding carboxylic acids is 1. The Morgan fingerprint density at radius 3 is 2.49 bits per heavy atom. The Morgan fingerprint density at radius 1 is 1.15 bits per heavy atom. The first-order chi connectivity index (χ1) is 19.4. The molecule has 5 nitrogen and oxygen atoms in total. The van der Waals surface area contributed by atoms with Crippen LogP contribution in [0.3, 0.4) is 0 Å². The van der Waals surface area contributed by atoms with Crippen LogP contribution < -0.4 is 10.3 Å². The van der Waals surface area contributed by atoms with Crippen molar-refractivity contribution in [2.75, 3.05) is 12.9 Å². The predicted molar refractivity (Wildman–Crippen MR) is 146 cm³/mol. The van der Waals surface area contributed by atoms with E-state index in [2.05, 4.69) is 13.2 Å². The van der Waals surface area contributed by atoms with E-state index in [1.165, 1.54) is 37.3 Å². The fraction of sp³-hybridized carbons (Fsp3) is 0.200. The Kier molecular flexibility index (Phi) is 8.58. The third kappa shape index (κ3) is 5.72. The Labute approximate surface area is 236 Å². The quantitative estimate of drug-likeness (QED) is 0.121. The molecule has 0 saturated heterocycles. The van der Waals surface area contributed by atoms with Gasteiger partial charge in [-0.2, -0.15) is 13.2 Å². The van der Waals surface area contributed by atoms with Crippen LogP contribution in [0.25, 0.3) is 11.1 Å². The zero-order valence-electron chi connectivity index (χ0n) is 22.0. The number of methoxy groups -OCH3 is 1. The molecular formula is C30H24F5NO4S. The third-order valence-corrected chi connectivity index (χ3v) is 7.81. The van der Waals surface area contributed by atoms with E-state index in [-0.39, 0.29) is 44.5 Å². The minimum absolute atomic E-state index is 0.0520. The number of aromatic nitrogens is 1. The summed E-state index contributed by atoms with van der Waals surface area (Å²) in [7, 11) is 1.14. The molecule has 41 heavy (non-hydrogen) atoms. The van der Waals surface area contributed by atoms with Crippen molar-refractivity contribution in [1.82, 2.24) is 4.57 Å². The van der Waals surface area contributed by atoms with Crippen molar-refractivity contribution in [3.05, 3.63) is 118 Å². The number of alkyl halides is 3. The van der Waals surface area contributed by atoms with Crippen LogP contribution in [0.5, 0.6) is 5.75 Å². The largest absolute Gasteiger partial charge is 0.467 e.